The molecule has 1 aliphatic heterocycles. The van der Waals surface area contributed by atoms with E-state index in [1.54, 1.807) is 0 Å². The normalized spacial score (nSPS) is 21.3. The van der Waals surface area contributed by atoms with Crippen molar-refractivity contribution in [2.45, 2.75) is 12.8 Å². The van der Waals surface area contributed by atoms with Gasteiger partial charge in [0.15, 0.2) is 5.13 Å². The van der Waals surface area contributed by atoms with Crippen LogP contribution < -0.4 is 5.32 Å². The van der Waals surface area contributed by atoms with Crippen LogP contribution in [0.1, 0.15) is 12.8 Å². The predicted molar refractivity (Wildman–Crippen MR) is 59.3 cm³/mol. The molecule has 4 nitrogen and oxygen atoms in total. The Morgan fingerprint density at radius 1 is 1.73 bits per heavy atom. The number of ether oxygens (including phenoxy) is 1. The molecule has 0 aromatic carbocycles. The van der Waals surface area contributed by atoms with Crippen LogP contribution in [0.3, 0.4) is 0 Å². The van der Waals surface area contributed by atoms with Crippen molar-refractivity contribution < 1.29 is 9.53 Å². The molecule has 1 amide bonds. The second-order valence-electron chi connectivity index (χ2n) is 3.37. The van der Waals surface area contributed by atoms with Gasteiger partial charge in [-0.15, -0.1) is 0 Å². The zero-order valence-corrected chi connectivity index (χ0v) is 9.61. The van der Waals surface area contributed by atoms with Crippen molar-refractivity contribution in [3.05, 3.63) is 10.5 Å². The maximum Gasteiger partial charge on any atom is 0.231 e. The summed E-state index contributed by atoms with van der Waals surface area (Å²) in [5.74, 6) is -0.0813. The van der Waals surface area contributed by atoms with Crippen LogP contribution in [0.2, 0.25) is 4.34 Å². The summed E-state index contributed by atoms with van der Waals surface area (Å²) in [4.78, 5) is 15.7. The van der Waals surface area contributed by atoms with Gasteiger partial charge in [-0.05, 0) is 12.8 Å². The minimum Gasteiger partial charge on any atom is -0.381 e. The van der Waals surface area contributed by atoms with Crippen LogP contribution in [-0.2, 0) is 9.53 Å². The van der Waals surface area contributed by atoms with Crippen molar-refractivity contribution in [3.63, 3.8) is 0 Å². The minimum atomic E-state index is -0.0542. The molecule has 1 unspecified atom stereocenters. The maximum absolute atomic E-state index is 11.7. The molecule has 0 saturated carbocycles. The zero-order valence-electron chi connectivity index (χ0n) is 8.03. The first-order valence-corrected chi connectivity index (χ1v) is 5.95. The van der Waals surface area contributed by atoms with Gasteiger partial charge in [0, 0.05) is 6.61 Å². The zero-order chi connectivity index (χ0) is 10.7. The van der Waals surface area contributed by atoms with Gasteiger partial charge >= 0.3 is 0 Å². The van der Waals surface area contributed by atoms with Gasteiger partial charge in [0.2, 0.25) is 5.91 Å². The standard InChI is InChI=1S/C9H11ClN2O2S/c10-7-4-11-9(15-7)12-8(13)6-2-1-3-14-5-6/h4,6H,1-3,5H2,(H,11,12,13). The number of nitrogens with one attached hydrogen (secondary N) is 1. The second kappa shape index (κ2) is 4.92. The number of hydrogen-bond acceptors (Lipinski definition) is 4. The molecule has 0 aliphatic carbocycles. The summed E-state index contributed by atoms with van der Waals surface area (Å²) in [6, 6.07) is 0. The lowest BCUT2D eigenvalue weighted by Gasteiger charge is -2.20. The summed E-state index contributed by atoms with van der Waals surface area (Å²) < 4.78 is 5.82. The van der Waals surface area contributed by atoms with Gasteiger partial charge in [0.1, 0.15) is 4.34 Å². The van der Waals surface area contributed by atoms with Crippen LogP contribution >= 0.6 is 22.9 Å². The molecule has 1 fully saturated rings. The number of rotatable bonds is 2. The summed E-state index contributed by atoms with van der Waals surface area (Å²) in [5.41, 5.74) is 0. The van der Waals surface area contributed by atoms with Crippen molar-refractivity contribution in [3.8, 4) is 0 Å². The minimum absolute atomic E-state index is 0.0271. The summed E-state index contributed by atoms with van der Waals surface area (Å²) in [6.45, 7) is 1.26. The molecule has 1 aromatic rings. The first kappa shape index (κ1) is 10.9. The quantitative estimate of drug-likeness (QED) is 0.870. The summed E-state index contributed by atoms with van der Waals surface area (Å²) in [7, 11) is 0. The number of carbonyl (C=O) groups is 1. The highest BCUT2D eigenvalue weighted by Gasteiger charge is 2.22. The number of hydrogen-bond donors (Lipinski definition) is 1. The van der Waals surface area contributed by atoms with Crippen molar-refractivity contribution in [2.75, 3.05) is 18.5 Å². The van der Waals surface area contributed by atoms with E-state index in [0.29, 0.717) is 16.1 Å². The highest BCUT2D eigenvalue weighted by molar-refractivity contribution is 7.19. The average Bonchev–Trinajstić information content (AvgIpc) is 2.65. The van der Waals surface area contributed by atoms with Gasteiger partial charge in [-0.1, -0.05) is 22.9 Å². The van der Waals surface area contributed by atoms with Gasteiger partial charge in [-0.3, -0.25) is 4.79 Å². The van der Waals surface area contributed by atoms with Crippen LogP contribution in [0.15, 0.2) is 6.20 Å². The third-order valence-corrected chi connectivity index (χ3v) is 3.27. The molecule has 82 valence electrons. The van der Waals surface area contributed by atoms with Gasteiger partial charge in [0.25, 0.3) is 0 Å². The van der Waals surface area contributed by atoms with Gasteiger partial charge < -0.3 is 10.1 Å². The number of anilines is 1. The fourth-order valence-corrected chi connectivity index (χ4v) is 2.28. The molecule has 15 heavy (non-hydrogen) atoms. The predicted octanol–water partition coefficient (Wildman–Crippen LogP) is 2.16. The molecule has 0 spiro atoms. The molecule has 1 N–H and O–H groups in total. The lowest BCUT2D eigenvalue weighted by atomic mass is 10.0. The van der Waals surface area contributed by atoms with E-state index >= 15 is 0 Å². The molecule has 2 heterocycles. The van der Waals surface area contributed by atoms with Crippen molar-refractivity contribution in [1.82, 2.24) is 4.98 Å². The number of amides is 1. The maximum atomic E-state index is 11.7. The first-order valence-electron chi connectivity index (χ1n) is 4.75. The highest BCUT2D eigenvalue weighted by Crippen LogP contribution is 2.24. The Hall–Kier alpha value is -0.650. The van der Waals surface area contributed by atoms with Crippen molar-refractivity contribution >= 4 is 34.0 Å². The van der Waals surface area contributed by atoms with Crippen LogP contribution in [0, 0.1) is 5.92 Å². The van der Waals surface area contributed by atoms with Crippen LogP contribution in [0.4, 0.5) is 5.13 Å². The van der Waals surface area contributed by atoms with Gasteiger partial charge in [0.05, 0.1) is 18.7 Å². The van der Waals surface area contributed by atoms with E-state index in [1.165, 1.54) is 17.5 Å². The molecule has 0 bridgehead atoms. The molecular formula is C9H11ClN2O2S. The van der Waals surface area contributed by atoms with Crippen molar-refractivity contribution in [2.24, 2.45) is 5.92 Å². The molecule has 0 radical (unpaired) electrons. The molecule has 2 rings (SSSR count). The Bertz CT molecular complexity index is 350. The van der Waals surface area contributed by atoms with E-state index in [1.807, 2.05) is 0 Å². The Kier molecular flexibility index (Phi) is 3.56. The summed E-state index contributed by atoms with van der Waals surface area (Å²) in [5, 5.41) is 3.29. The van der Waals surface area contributed by atoms with E-state index < -0.39 is 0 Å². The number of halogens is 1. The molecule has 1 aromatic heterocycles. The summed E-state index contributed by atoms with van der Waals surface area (Å²) >= 11 is 6.97. The lowest BCUT2D eigenvalue weighted by molar-refractivity contribution is -0.123. The molecule has 1 atom stereocenters. The Balaban J connectivity index is 1.91. The Labute approximate surface area is 96.6 Å². The molecular weight excluding hydrogens is 236 g/mol. The van der Waals surface area contributed by atoms with E-state index in [4.69, 9.17) is 16.3 Å². The van der Waals surface area contributed by atoms with E-state index in [2.05, 4.69) is 10.3 Å². The molecule has 6 heteroatoms. The molecule has 1 saturated heterocycles. The fourth-order valence-electron chi connectivity index (χ4n) is 1.47. The fraction of sp³-hybridized carbons (Fsp3) is 0.556. The topological polar surface area (TPSA) is 51.2 Å². The Morgan fingerprint density at radius 3 is 3.20 bits per heavy atom. The van der Waals surface area contributed by atoms with Crippen molar-refractivity contribution in [1.29, 1.82) is 0 Å². The number of aromatic nitrogens is 1. The lowest BCUT2D eigenvalue weighted by Crippen LogP contribution is -2.30. The largest absolute Gasteiger partial charge is 0.381 e. The molecule has 1 aliphatic rings. The van der Waals surface area contributed by atoms with E-state index in [9.17, 15) is 4.79 Å². The third kappa shape index (κ3) is 2.90. The van der Waals surface area contributed by atoms with Crippen LogP contribution in [-0.4, -0.2) is 24.1 Å². The highest BCUT2D eigenvalue weighted by atomic mass is 35.5. The van der Waals surface area contributed by atoms with Crippen LogP contribution in [0.5, 0.6) is 0 Å². The van der Waals surface area contributed by atoms with E-state index in [0.717, 1.165) is 19.4 Å². The number of carbonyl (C=O) groups excluding carboxylic acids is 1. The number of thiazole rings is 1. The second-order valence-corrected chi connectivity index (χ2v) is 5.03. The Morgan fingerprint density at radius 2 is 2.60 bits per heavy atom. The smallest absolute Gasteiger partial charge is 0.231 e. The van der Waals surface area contributed by atoms with Gasteiger partial charge in [-0.2, -0.15) is 0 Å². The first-order chi connectivity index (χ1) is 7.25. The van der Waals surface area contributed by atoms with E-state index in [-0.39, 0.29) is 11.8 Å². The summed E-state index contributed by atoms with van der Waals surface area (Å²) in [6.07, 6.45) is 3.35. The monoisotopic (exact) mass is 246 g/mol. The average molecular weight is 247 g/mol. The van der Waals surface area contributed by atoms with Gasteiger partial charge in [-0.25, -0.2) is 4.98 Å². The number of nitrogens with zero attached hydrogens (tertiary/aromatic N) is 1. The van der Waals surface area contributed by atoms with Crippen LogP contribution in [0.25, 0.3) is 0 Å². The third-order valence-electron chi connectivity index (χ3n) is 2.24. The SMILES string of the molecule is O=C(Nc1ncc(Cl)s1)C1CCCOC1.